The lowest BCUT2D eigenvalue weighted by molar-refractivity contribution is -0.275. The molecule has 0 radical (unpaired) electrons. The van der Waals surface area contributed by atoms with Gasteiger partial charge < -0.3 is 4.74 Å². The van der Waals surface area contributed by atoms with Gasteiger partial charge in [0.25, 0.3) is 0 Å². The third-order valence-electron chi connectivity index (χ3n) is 11.0. The highest BCUT2D eigenvalue weighted by Crippen LogP contribution is 2.37. The minimum Gasteiger partial charge on any atom is -0.403 e. The molecule has 1 nitrogen and oxygen atoms in total. The van der Waals surface area contributed by atoms with Crippen molar-refractivity contribution >= 4 is 0 Å². The molecule has 6 rings (SSSR count). The van der Waals surface area contributed by atoms with Crippen LogP contribution >= 0.6 is 0 Å². The Morgan fingerprint density at radius 2 is 1.13 bits per heavy atom. The van der Waals surface area contributed by atoms with Gasteiger partial charge in [0.15, 0.2) is 11.6 Å². The van der Waals surface area contributed by atoms with Crippen molar-refractivity contribution in [2.24, 2.45) is 17.8 Å². The molecule has 9 heteroatoms. The van der Waals surface area contributed by atoms with Crippen LogP contribution in [0.1, 0.15) is 105 Å². The first-order chi connectivity index (χ1) is 25.1. The smallest absolute Gasteiger partial charge is 0.403 e. The van der Waals surface area contributed by atoms with Crippen molar-refractivity contribution < 1.29 is 39.9 Å². The molecule has 0 aromatic heterocycles. The highest BCUT2D eigenvalue weighted by atomic mass is 19.4. The van der Waals surface area contributed by atoms with E-state index < -0.39 is 29.7 Å². The molecule has 2 fully saturated rings. The summed E-state index contributed by atoms with van der Waals surface area (Å²) in [6.45, 7) is 4.58. The van der Waals surface area contributed by atoms with E-state index in [4.69, 9.17) is 0 Å². The van der Waals surface area contributed by atoms with Crippen molar-refractivity contribution in [2.45, 2.75) is 109 Å². The fourth-order valence-corrected chi connectivity index (χ4v) is 7.49. The van der Waals surface area contributed by atoms with E-state index in [1.165, 1.54) is 68.7 Å². The Bertz CT molecular complexity index is 1730. The summed E-state index contributed by atoms with van der Waals surface area (Å²) in [5, 5.41) is 0. The number of hydrogen-bond acceptors (Lipinski definition) is 1. The molecule has 0 N–H and O–H groups in total. The lowest BCUT2D eigenvalue weighted by Gasteiger charge is -2.26. The second-order valence-electron chi connectivity index (χ2n) is 15.1. The molecule has 0 aliphatic heterocycles. The quantitative estimate of drug-likeness (QED) is 0.155. The van der Waals surface area contributed by atoms with Crippen molar-refractivity contribution in [1.29, 1.82) is 0 Å². The lowest BCUT2D eigenvalue weighted by atomic mass is 9.79. The average Bonchev–Trinajstić information content (AvgIpc) is 3.12. The summed E-state index contributed by atoms with van der Waals surface area (Å²) in [5.74, 6) is 0.826. The maximum Gasteiger partial charge on any atom is 0.573 e. The molecule has 0 saturated heterocycles. The Morgan fingerprint density at radius 1 is 0.566 bits per heavy atom. The molecular formula is C44H48F8O. The van der Waals surface area contributed by atoms with E-state index in [2.05, 4.69) is 18.6 Å². The predicted molar refractivity (Wildman–Crippen MR) is 194 cm³/mol. The number of benzene rings is 4. The molecule has 2 saturated carbocycles. The molecule has 4 aromatic rings. The van der Waals surface area contributed by atoms with Crippen LogP contribution in [-0.2, 0) is 25.4 Å². The van der Waals surface area contributed by atoms with Crippen molar-refractivity contribution in [3.8, 4) is 16.9 Å². The molecule has 0 unspecified atom stereocenters. The molecule has 0 atom stereocenters. The van der Waals surface area contributed by atoms with Gasteiger partial charge in [-0.25, -0.2) is 8.78 Å². The number of aryl methyl sites for hydroxylation is 3. The van der Waals surface area contributed by atoms with E-state index >= 15 is 0 Å². The van der Waals surface area contributed by atoms with Crippen LogP contribution in [0.2, 0.25) is 0 Å². The van der Waals surface area contributed by atoms with Crippen molar-refractivity contribution in [1.82, 2.24) is 0 Å². The summed E-state index contributed by atoms with van der Waals surface area (Å²) in [4.78, 5) is 0. The van der Waals surface area contributed by atoms with E-state index in [-0.39, 0.29) is 5.82 Å². The topological polar surface area (TPSA) is 9.23 Å². The van der Waals surface area contributed by atoms with Gasteiger partial charge in [0.2, 0.25) is 0 Å². The number of halogens is 8. The molecule has 4 aromatic carbocycles. The largest absolute Gasteiger partial charge is 0.573 e. The second-order valence-corrected chi connectivity index (χ2v) is 15.1. The summed E-state index contributed by atoms with van der Waals surface area (Å²) in [7, 11) is 0. The molecule has 0 amide bonds. The third-order valence-corrected chi connectivity index (χ3v) is 11.0. The minimum atomic E-state index is -4.90. The summed E-state index contributed by atoms with van der Waals surface area (Å²) >= 11 is 0. The molecule has 2 aliphatic rings. The Balaban J connectivity index is 0.000000204. The highest BCUT2D eigenvalue weighted by molar-refractivity contribution is 5.64. The second kappa shape index (κ2) is 18.0. The van der Waals surface area contributed by atoms with E-state index in [1.54, 1.807) is 6.07 Å². The fourth-order valence-electron chi connectivity index (χ4n) is 7.49. The Kier molecular flexibility index (Phi) is 13.7. The van der Waals surface area contributed by atoms with Gasteiger partial charge in [-0.1, -0.05) is 107 Å². The number of alkyl halides is 6. The Hall–Kier alpha value is -3.88. The first-order valence-corrected chi connectivity index (χ1v) is 18.7. The monoisotopic (exact) mass is 744 g/mol. The van der Waals surface area contributed by atoms with Gasteiger partial charge in [0.05, 0.1) is 5.56 Å². The predicted octanol–water partition coefficient (Wildman–Crippen LogP) is 14.1. The van der Waals surface area contributed by atoms with Crippen molar-refractivity contribution in [3.63, 3.8) is 0 Å². The zero-order chi connectivity index (χ0) is 38.2. The standard InChI is InChI=1S/C22H24F4O.C22H24F4/c1-15-2-4-16(5-3-15)6-7-17-8-10-18(11-9-17)19-12-13-21(20(23)14-19)27-22(24,25)26;1-15-2-7-17(8-3-15)19-11-10-18(21(23)14-19)9-4-16-5-12-20(13-6-16)22(24,25)26/h8-16H,2-7H2,1H3;5-6,10-15,17H,2-4,7-9H2,1H3. The normalized spacial score (nSPS) is 20.7. The number of hydrogen-bond donors (Lipinski definition) is 0. The zero-order valence-electron chi connectivity index (χ0n) is 30.3. The molecule has 2 aliphatic carbocycles. The van der Waals surface area contributed by atoms with Crippen LogP contribution in [0.25, 0.3) is 11.1 Å². The summed E-state index contributed by atoms with van der Waals surface area (Å²) < 4.78 is 106. The summed E-state index contributed by atoms with van der Waals surface area (Å²) in [6.07, 6.45) is 3.88. The number of ether oxygens (including phenoxy) is 1. The van der Waals surface area contributed by atoms with Gasteiger partial charge >= 0.3 is 12.5 Å². The van der Waals surface area contributed by atoms with Gasteiger partial charge in [0.1, 0.15) is 5.82 Å². The average molecular weight is 745 g/mol. The fraction of sp³-hybridized carbons (Fsp3) is 0.455. The molecule has 53 heavy (non-hydrogen) atoms. The molecule has 0 spiro atoms. The molecular weight excluding hydrogens is 696 g/mol. The van der Waals surface area contributed by atoms with E-state index in [9.17, 15) is 35.1 Å². The zero-order valence-corrected chi connectivity index (χ0v) is 30.3. The van der Waals surface area contributed by atoms with Gasteiger partial charge in [-0.15, -0.1) is 13.2 Å². The first-order valence-electron chi connectivity index (χ1n) is 18.7. The molecule has 286 valence electrons. The van der Waals surface area contributed by atoms with Gasteiger partial charge in [-0.3, -0.25) is 0 Å². The molecule has 0 heterocycles. The highest BCUT2D eigenvalue weighted by Gasteiger charge is 2.32. The Morgan fingerprint density at radius 3 is 1.70 bits per heavy atom. The molecule has 0 bridgehead atoms. The Labute approximate surface area is 307 Å². The van der Waals surface area contributed by atoms with E-state index in [0.717, 1.165) is 78.0 Å². The van der Waals surface area contributed by atoms with Crippen LogP contribution in [0.4, 0.5) is 35.1 Å². The van der Waals surface area contributed by atoms with Crippen LogP contribution in [0.3, 0.4) is 0 Å². The van der Waals surface area contributed by atoms with Gasteiger partial charge in [0, 0.05) is 0 Å². The van der Waals surface area contributed by atoms with Crippen LogP contribution < -0.4 is 4.74 Å². The van der Waals surface area contributed by atoms with Crippen LogP contribution in [0.15, 0.2) is 84.9 Å². The first kappa shape index (κ1) is 40.3. The number of rotatable bonds is 9. The summed E-state index contributed by atoms with van der Waals surface area (Å²) in [6, 6.07) is 21.9. The summed E-state index contributed by atoms with van der Waals surface area (Å²) in [5.41, 5.74) is 4.35. The van der Waals surface area contributed by atoms with Gasteiger partial charge in [-0.05, 0) is 126 Å². The lowest BCUT2D eigenvalue weighted by Crippen LogP contribution is -2.17. The minimum absolute atomic E-state index is 0.201. The van der Waals surface area contributed by atoms with E-state index in [0.29, 0.717) is 29.9 Å². The maximum absolute atomic E-state index is 14.5. The van der Waals surface area contributed by atoms with Gasteiger partial charge in [-0.2, -0.15) is 13.2 Å². The van der Waals surface area contributed by atoms with Crippen molar-refractivity contribution in [2.75, 3.05) is 0 Å². The maximum atomic E-state index is 14.5. The van der Waals surface area contributed by atoms with Crippen molar-refractivity contribution in [3.05, 3.63) is 124 Å². The SMILES string of the molecule is CC1CCC(CCc2ccc(-c3ccc(OC(F)(F)F)c(F)c3)cc2)CC1.CC1CCC(c2ccc(CCc3ccc(C(F)(F)F)cc3)c(F)c2)CC1. The van der Waals surface area contributed by atoms with Crippen LogP contribution in [-0.4, -0.2) is 6.36 Å². The van der Waals surface area contributed by atoms with Crippen LogP contribution in [0, 0.1) is 29.4 Å². The van der Waals surface area contributed by atoms with Crippen LogP contribution in [0.5, 0.6) is 5.75 Å². The van der Waals surface area contributed by atoms with E-state index in [1.807, 2.05) is 36.4 Å². The third kappa shape index (κ3) is 12.3.